The average Bonchev–Trinajstić information content (AvgIpc) is 2.77. The molecule has 0 bridgehead atoms. The Morgan fingerprint density at radius 1 is 1.18 bits per heavy atom. The van der Waals surface area contributed by atoms with E-state index in [2.05, 4.69) is 52.4 Å². The first-order valence-corrected chi connectivity index (χ1v) is 6.63. The van der Waals surface area contributed by atoms with Gasteiger partial charge in [0.1, 0.15) is 5.76 Å². The minimum atomic E-state index is 0.887. The molecule has 2 nitrogen and oxygen atoms in total. The van der Waals surface area contributed by atoms with Crippen LogP contribution >= 0.6 is 15.9 Å². The zero-order chi connectivity index (χ0) is 12.1. The highest BCUT2D eigenvalue weighted by Gasteiger charge is 2.05. The van der Waals surface area contributed by atoms with Gasteiger partial charge in [-0.15, -0.1) is 0 Å². The van der Waals surface area contributed by atoms with Crippen LogP contribution in [-0.2, 0) is 6.54 Å². The molecule has 17 heavy (non-hydrogen) atoms. The van der Waals surface area contributed by atoms with Gasteiger partial charge in [0, 0.05) is 12.1 Å². The largest absolute Gasteiger partial charge is 0.463 e. The summed E-state index contributed by atoms with van der Waals surface area (Å²) >= 11 is 3.47. The molecule has 0 spiro atoms. The summed E-state index contributed by atoms with van der Waals surface area (Å²) in [5.41, 5.74) is 2.39. The van der Waals surface area contributed by atoms with Crippen LogP contribution in [0.25, 0.3) is 11.3 Å². The Morgan fingerprint density at radius 2 is 1.94 bits per heavy atom. The Bertz CT molecular complexity index is 461. The maximum absolute atomic E-state index is 5.43. The van der Waals surface area contributed by atoms with E-state index < -0.39 is 0 Å². The molecule has 0 saturated heterocycles. The van der Waals surface area contributed by atoms with Gasteiger partial charge in [-0.05, 0) is 40.5 Å². The molecule has 0 unspecified atom stereocenters. The third-order valence-electron chi connectivity index (χ3n) is 2.59. The molecule has 1 heterocycles. The summed E-state index contributed by atoms with van der Waals surface area (Å²) in [5.74, 6) is 0.887. The Balaban J connectivity index is 2.06. The van der Waals surface area contributed by atoms with Crippen LogP contribution in [0.4, 0.5) is 0 Å². The fourth-order valence-electron chi connectivity index (χ4n) is 1.68. The minimum absolute atomic E-state index is 0.887. The van der Waals surface area contributed by atoms with Gasteiger partial charge in [-0.3, -0.25) is 0 Å². The summed E-state index contributed by atoms with van der Waals surface area (Å²) in [6, 6.07) is 10.4. The van der Waals surface area contributed by atoms with Crippen LogP contribution < -0.4 is 5.32 Å². The molecule has 1 aromatic carbocycles. The predicted molar refractivity (Wildman–Crippen MR) is 73.8 cm³/mol. The zero-order valence-corrected chi connectivity index (χ0v) is 11.5. The van der Waals surface area contributed by atoms with Gasteiger partial charge in [0.25, 0.3) is 0 Å². The van der Waals surface area contributed by atoms with Crippen molar-refractivity contribution < 1.29 is 4.42 Å². The van der Waals surface area contributed by atoms with E-state index in [0.717, 1.165) is 35.3 Å². The maximum Gasteiger partial charge on any atom is 0.148 e. The first-order chi connectivity index (χ1) is 8.31. The molecule has 0 aliphatic carbocycles. The van der Waals surface area contributed by atoms with Gasteiger partial charge in [0.2, 0.25) is 0 Å². The first kappa shape index (κ1) is 12.4. The zero-order valence-electron chi connectivity index (χ0n) is 9.87. The summed E-state index contributed by atoms with van der Waals surface area (Å²) < 4.78 is 6.42. The molecule has 0 saturated carbocycles. The van der Waals surface area contributed by atoms with Crippen molar-refractivity contribution in [2.45, 2.75) is 19.9 Å². The van der Waals surface area contributed by atoms with Crippen LogP contribution in [0.1, 0.15) is 18.9 Å². The highest BCUT2D eigenvalue weighted by atomic mass is 79.9. The van der Waals surface area contributed by atoms with Crippen molar-refractivity contribution in [2.24, 2.45) is 0 Å². The van der Waals surface area contributed by atoms with Crippen LogP contribution in [-0.4, -0.2) is 6.54 Å². The Hall–Kier alpha value is -1.06. The van der Waals surface area contributed by atoms with Gasteiger partial charge in [0.15, 0.2) is 0 Å². The molecule has 3 heteroatoms. The highest BCUT2D eigenvalue weighted by molar-refractivity contribution is 9.10. The molecule has 2 rings (SSSR count). The van der Waals surface area contributed by atoms with Gasteiger partial charge in [-0.2, -0.15) is 0 Å². The van der Waals surface area contributed by atoms with Gasteiger partial charge in [-0.25, -0.2) is 0 Å². The van der Waals surface area contributed by atoms with Crippen LogP contribution in [0.3, 0.4) is 0 Å². The molecule has 0 atom stereocenters. The molecule has 1 aromatic heterocycles. The van der Waals surface area contributed by atoms with E-state index in [1.165, 1.54) is 5.56 Å². The lowest BCUT2D eigenvalue weighted by molar-refractivity contribution is 0.581. The molecule has 2 aromatic rings. The second-order valence-corrected chi connectivity index (χ2v) is 4.83. The molecule has 0 aliphatic heterocycles. The second kappa shape index (κ2) is 6.03. The SMILES string of the molecule is CCCNCc1ccc(-c2occc2Br)cc1. The monoisotopic (exact) mass is 293 g/mol. The Morgan fingerprint density at radius 3 is 2.53 bits per heavy atom. The number of hydrogen-bond acceptors (Lipinski definition) is 2. The van der Waals surface area contributed by atoms with Gasteiger partial charge < -0.3 is 9.73 Å². The molecule has 0 radical (unpaired) electrons. The fourth-order valence-corrected chi connectivity index (χ4v) is 2.11. The van der Waals surface area contributed by atoms with Gasteiger partial charge in [-0.1, -0.05) is 31.2 Å². The van der Waals surface area contributed by atoms with E-state index in [0.29, 0.717) is 0 Å². The lowest BCUT2D eigenvalue weighted by Gasteiger charge is -2.04. The molecule has 1 N–H and O–H groups in total. The summed E-state index contributed by atoms with van der Waals surface area (Å²) in [7, 11) is 0. The lowest BCUT2D eigenvalue weighted by Crippen LogP contribution is -2.13. The number of furan rings is 1. The van der Waals surface area contributed by atoms with Crippen molar-refractivity contribution in [1.29, 1.82) is 0 Å². The van der Waals surface area contributed by atoms with Gasteiger partial charge in [0.05, 0.1) is 10.7 Å². The van der Waals surface area contributed by atoms with E-state index in [4.69, 9.17) is 4.42 Å². The summed E-state index contributed by atoms with van der Waals surface area (Å²) in [6.07, 6.45) is 2.85. The van der Waals surface area contributed by atoms with Crippen molar-refractivity contribution in [3.63, 3.8) is 0 Å². The summed E-state index contributed by atoms with van der Waals surface area (Å²) in [4.78, 5) is 0. The second-order valence-electron chi connectivity index (χ2n) is 3.97. The fraction of sp³-hybridized carbons (Fsp3) is 0.286. The van der Waals surface area contributed by atoms with Crippen LogP contribution in [0, 0.1) is 0 Å². The number of rotatable bonds is 5. The lowest BCUT2D eigenvalue weighted by atomic mass is 10.1. The molecular weight excluding hydrogens is 278 g/mol. The third-order valence-corrected chi connectivity index (χ3v) is 3.21. The first-order valence-electron chi connectivity index (χ1n) is 5.84. The molecular formula is C14H16BrNO. The van der Waals surface area contributed by atoms with E-state index in [1.807, 2.05) is 6.07 Å². The maximum atomic E-state index is 5.43. The van der Waals surface area contributed by atoms with Crippen molar-refractivity contribution in [1.82, 2.24) is 5.32 Å². The summed E-state index contributed by atoms with van der Waals surface area (Å²) in [5, 5.41) is 3.38. The predicted octanol–water partition coefficient (Wildman–Crippen LogP) is 4.21. The van der Waals surface area contributed by atoms with E-state index in [1.54, 1.807) is 6.26 Å². The van der Waals surface area contributed by atoms with Crippen molar-refractivity contribution in [2.75, 3.05) is 6.54 Å². The average molecular weight is 294 g/mol. The van der Waals surface area contributed by atoms with Crippen molar-refractivity contribution in [3.05, 3.63) is 46.6 Å². The Labute approximate surface area is 110 Å². The number of hydrogen-bond donors (Lipinski definition) is 1. The van der Waals surface area contributed by atoms with E-state index in [-0.39, 0.29) is 0 Å². The molecule has 0 aliphatic rings. The highest BCUT2D eigenvalue weighted by Crippen LogP contribution is 2.29. The molecule has 90 valence electrons. The number of benzene rings is 1. The van der Waals surface area contributed by atoms with Crippen molar-refractivity contribution in [3.8, 4) is 11.3 Å². The minimum Gasteiger partial charge on any atom is -0.463 e. The summed E-state index contributed by atoms with van der Waals surface area (Å²) in [6.45, 7) is 4.16. The van der Waals surface area contributed by atoms with Crippen LogP contribution in [0.2, 0.25) is 0 Å². The van der Waals surface area contributed by atoms with Crippen molar-refractivity contribution >= 4 is 15.9 Å². The number of halogens is 1. The molecule has 0 amide bonds. The Kier molecular flexibility index (Phi) is 4.40. The van der Waals surface area contributed by atoms with Crippen LogP contribution in [0.5, 0.6) is 0 Å². The molecule has 0 fully saturated rings. The quantitative estimate of drug-likeness (QED) is 0.836. The standard InChI is InChI=1S/C14H16BrNO/c1-2-8-16-10-11-3-5-12(6-4-11)14-13(15)7-9-17-14/h3-7,9,16H,2,8,10H2,1H3. The smallest absolute Gasteiger partial charge is 0.148 e. The number of nitrogens with one attached hydrogen (secondary N) is 1. The van der Waals surface area contributed by atoms with E-state index in [9.17, 15) is 0 Å². The van der Waals surface area contributed by atoms with Crippen LogP contribution in [0.15, 0.2) is 45.5 Å². The third kappa shape index (κ3) is 3.20. The van der Waals surface area contributed by atoms with E-state index >= 15 is 0 Å². The normalized spacial score (nSPS) is 10.7. The topological polar surface area (TPSA) is 25.2 Å². The van der Waals surface area contributed by atoms with Gasteiger partial charge >= 0.3 is 0 Å².